The largest absolute Gasteiger partial charge is 0.397 e. The Morgan fingerprint density at radius 3 is 2.57 bits per heavy atom. The maximum Gasteiger partial charge on any atom is 0.0578 e. The molecule has 0 atom stereocenters. The molecule has 2 nitrogen and oxygen atoms in total. The number of rotatable bonds is 2. The first-order valence-electron chi connectivity index (χ1n) is 5.23. The van der Waals surface area contributed by atoms with Crippen molar-refractivity contribution in [3.8, 4) is 0 Å². The normalized spacial score (nSPS) is 18.7. The van der Waals surface area contributed by atoms with Crippen molar-refractivity contribution in [1.82, 2.24) is 0 Å². The monoisotopic (exact) mass is 190 g/mol. The second kappa shape index (κ2) is 3.19. The first-order chi connectivity index (χ1) is 6.59. The third-order valence-electron chi connectivity index (χ3n) is 3.10. The molecular formula is C12H18N2. The zero-order valence-electron chi connectivity index (χ0n) is 8.93. The average Bonchev–Trinajstić information content (AvgIpc) is 2.07. The van der Waals surface area contributed by atoms with Crippen LogP contribution in [-0.2, 0) is 0 Å². The molecule has 1 aromatic carbocycles. The molecule has 0 aromatic heterocycles. The van der Waals surface area contributed by atoms with Gasteiger partial charge in [-0.05, 0) is 50.8 Å². The van der Waals surface area contributed by atoms with E-state index in [0.717, 1.165) is 11.4 Å². The van der Waals surface area contributed by atoms with Crippen molar-refractivity contribution in [1.29, 1.82) is 0 Å². The van der Waals surface area contributed by atoms with Crippen molar-refractivity contribution < 1.29 is 0 Å². The van der Waals surface area contributed by atoms with Gasteiger partial charge in [-0.15, -0.1) is 0 Å². The molecule has 0 radical (unpaired) electrons. The van der Waals surface area contributed by atoms with E-state index in [4.69, 9.17) is 5.73 Å². The molecule has 0 heterocycles. The van der Waals surface area contributed by atoms with Gasteiger partial charge in [-0.25, -0.2) is 0 Å². The topological polar surface area (TPSA) is 38.0 Å². The lowest BCUT2D eigenvalue weighted by Gasteiger charge is -2.40. The summed E-state index contributed by atoms with van der Waals surface area (Å²) in [7, 11) is 0. The Hall–Kier alpha value is -1.18. The fourth-order valence-electron chi connectivity index (χ4n) is 1.95. The van der Waals surface area contributed by atoms with Gasteiger partial charge in [0.1, 0.15) is 0 Å². The minimum absolute atomic E-state index is 0.281. The van der Waals surface area contributed by atoms with E-state index in [9.17, 15) is 0 Å². The van der Waals surface area contributed by atoms with Gasteiger partial charge in [0.2, 0.25) is 0 Å². The van der Waals surface area contributed by atoms with E-state index in [-0.39, 0.29) is 5.54 Å². The first-order valence-corrected chi connectivity index (χ1v) is 5.23. The maximum atomic E-state index is 5.94. The van der Waals surface area contributed by atoms with Gasteiger partial charge in [0.15, 0.2) is 0 Å². The van der Waals surface area contributed by atoms with Gasteiger partial charge in [0.25, 0.3) is 0 Å². The van der Waals surface area contributed by atoms with Gasteiger partial charge in [-0.2, -0.15) is 0 Å². The number of nitrogens with two attached hydrogens (primary N) is 1. The van der Waals surface area contributed by atoms with E-state index in [1.165, 1.54) is 24.8 Å². The Bertz CT molecular complexity index is 340. The number of hydrogen-bond acceptors (Lipinski definition) is 2. The van der Waals surface area contributed by atoms with E-state index >= 15 is 0 Å². The van der Waals surface area contributed by atoms with Crippen LogP contribution in [0.3, 0.4) is 0 Å². The van der Waals surface area contributed by atoms with Crippen molar-refractivity contribution in [3.63, 3.8) is 0 Å². The van der Waals surface area contributed by atoms with Crippen LogP contribution < -0.4 is 11.1 Å². The summed E-state index contributed by atoms with van der Waals surface area (Å²) in [6.07, 6.45) is 3.83. The van der Waals surface area contributed by atoms with Gasteiger partial charge >= 0.3 is 0 Å². The Morgan fingerprint density at radius 1 is 1.36 bits per heavy atom. The molecule has 76 valence electrons. The first kappa shape index (κ1) is 9.38. The summed E-state index contributed by atoms with van der Waals surface area (Å²) < 4.78 is 0. The van der Waals surface area contributed by atoms with E-state index in [1.54, 1.807) is 0 Å². The van der Waals surface area contributed by atoms with Gasteiger partial charge in [-0.3, -0.25) is 0 Å². The number of nitrogens with one attached hydrogen (secondary N) is 1. The van der Waals surface area contributed by atoms with E-state index in [1.807, 2.05) is 6.07 Å². The molecule has 1 saturated carbocycles. The Kier molecular flexibility index (Phi) is 2.14. The summed E-state index contributed by atoms with van der Waals surface area (Å²) in [6.45, 7) is 4.32. The van der Waals surface area contributed by atoms with Crippen LogP contribution in [-0.4, -0.2) is 5.54 Å². The minimum atomic E-state index is 0.281. The van der Waals surface area contributed by atoms with Crippen LogP contribution in [0.5, 0.6) is 0 Å². The molecular weight excluding hydrogens is 172 g/mol. The number of hydrogen-bond donors (Lipinski definition) is 2. The fourth-order valence-corrected chi connectivity index (χ4v) is 1.95. The Morgan fingerprint density at radius 2 is 2.07 bits per heavy atom. The summed E-state index contributed by atoms with van der Waals surface area (Å²) in [6, 6.07) is 6.19. The Balaban J connectivity index is 2.16. The highest BCUT2D eigenvalue weighted by molar-refractivity contribution is 5.67. The predicted molar refractivity (Wildman–Crippen MR) is 61.5 cm³/mol. The smallest absolute Gasteiger partial charge is 0.0578 e. The molecule has 1 fully saturated rings. The molecule has 1 aliphatic carbocycles. The molecule has 0 aliphatic heterocycles. The molecule has 2 heteroatoms. The molecule has 1 aliphatic rings. The SMILES string of the molecule is Cc1ccc(NC2(C)CCC2)c(N)c1. The predicted octanol–water partition coefficient (Wildman–Crippen LogP) is 2.93. The van der Waals surface area contributed by atoms with E-state index < -0.39 is 0 Å². The number of anilines is 2. The van der Waals surface area contributed by atoms with Gasteiger partial charge in [-0.1, -0.05) is 6.07 Å². The summed E-state index contributed by atoms with van der Waals surface area (Å²) in [5.74, 6) is 0. The zero-order chi connectivity index (χ0) is 10.2. The molecule has 0 amide bonds. The third kappa shape index (κ3) is 1.69. The van der Waals surface area contributed by atoms with Crippen molar-refractivity contribution >= 4 is 11.4 Å². The number of benzene rings is 1. The maximum absolute atomic E-state index is 5.94. The third-order valence-corrected chi connectivity index (χ3v) is 3.10. The standard InChI is InChI=1S/C12H18N2/c1-9-4-5-11(10(13)8-9)14-12(2)6-3-7-12/h4-5,8,14H,3,6-7,13H2,1-2H3. The van der Waals surface area contributed by atoms with Crippen LogP contribution in [0, 0.1) is 6.92 Å². The van der Waals surface area contributed by atoms with Crippen LogP contribution in [0.15, 0.2) is 18.2 Å². The summed E-state index contributed by atoms with van der Waals surface area (Å²) in [4.78, 5) is 0. The summed E-state index contributed by atoms with van der Waals surface area (Å²) in [5, 5.41) is 3.53. The lowest BCUT2D eigenvalue weighted by molar-refractivity contribution is 0.307. The lowest BCUT2D eigenvalue weighted by Crippen LogP contribution is -2.41. The molecule has 3 N–H and O–H groups in total. The molecule has 0 unspecified atom stereocenters. The van der Waals surface area contributed by atoms with Crippen molar-refractivity contribution in [2.75, 3.05) is 11.1 Å². The highest BCUT2D eigenvalue weighted by atomic mass is 15.0. The molecule has 0 saturated heterocycles. The average molecular weight is 190 g/mol. The lowest BCUT2D eigenvalue weighted by atomic mass is 9.78. The second-order valence-corrected chi connectivity index (χ2v) is 4.63. The van der Waals surface area contributed by atoms with Gasteiger partial charge < -0.3 is 11.1 Å². The molecule has 0 bridgehead atoms. The van der Waals surface area contributed by atoms with Crippen LogP contribution >= 0.6 is 0 Å². The van der Waals surface area contributed by atoms with Crippen LogP contribution in [0.25, 0.3) is 0 Å². The Labute approximate surface area is 85.5 Å². The highest BCUT2D eigenvalue weighted by Gasteiger charge is 2.31. The molecule has 2 rings (SSSR count). The van der Waals surface area contributed by atoms with Crippen LogP contribution in [0.4, 0.5) is 11.4 Å². The quantitative estimate of drug-likeness (QED) is 0.704. The van der Waals surface area contributed by atoms with Crippen molar-refractivity contribution in [3.05, 3.63) is 23.8 Å². The van der Waals surface area contributed by atoms with E-state index in [0.29, 0.717) is 0 Å². The summed E-state index contributed by atoms with van der Waals surface area (Å²) in [5.41, 5.74) is 9.38. The second-order valence-electron chi connectivity index (χ2n) is 4.63. The fraction of sp³-hybridized carbons (Fsp3) is 0.500. The highest BCUT2D eigenvalue weighted by Crippen LogP contribution is 2.36. The molecule has 14 heavy (non-hydrogen) atoms. The van der Waals surface area contributed by atoms with Crippen LogP contribution in [0.2, 0.25) is 0 Å². The van der Waals surface area contributed by atoms with Crippen LogP contribution in [0.1, 0.15) is 31.7 Å². The van der Waals surface area contributed by atoms with E-state index in [2.05, 4.69) is 31.3 Å². The zero-order valence-corrected chi connectivity index (χ0v) is 8.93. The van der Waals surface area contributed by atoms with Gasteiger partial charge in [0, 0.05) is 5.54 Å². The van der Waals surface area contributed by atoms with Crippen molar-refractivity contribution in [2.24, 2.45) is 0 Å². The van der Waals surface area contributed by atoms with Gasteiger partial charge in [0.05, 0.1) is 11.4 Å². The molecule has 1 aromatic rings. The summed E-state index contributed by atoms with van der Waals surface area (Å²) >= 11 is 0. The minimum Gasteiger partial charge on any atom is -0.397 e. The van der Waals surface area contributed by atoms with Crippen molar-refractivity contribution in [2.45, 2.75) is 38.6 Å². The molecule has 0 spiro atoms. The number of aryl methyl sites for hydroxylation is 1. The number of nitrogen functional groups attached to an aromatic ring is 1.